The average molecular weight is 244 g/mol. The van der Waals surface area contributed by atoms with Crippen LogP contribution in [-0.2, 0) is 6.54 Å². The van der Waals surface area contributed by atoms with Crippen LogP contribution in [0.5, 0.6) is 0 Å². The van der Waals surface area contributed by atoms with Crippen molar-refractivity contribution >= 4 is 21.9 Å². The molecule has 0 radical (unpaired) electrons. The van der Waals surface area contributed by atoms with Gasteiger partial charge in [0.25, 0.3) is 0 Å². The van der Waals surface area contributed by atoms with Crippen LogP contribution >= 0.6 is 15.9 Å². The summed E-state index contributed by atoms with van der Waals surface area (Å²) in [6.45, 7) is 2.61. The van der Waals surface area contributed by atoms with Crippen molar-refractivity contribution in [1.29, 1.82) is 0 Å². The largest absolute Gasteiger partial charge is 0.478 e. The topological polar surface area (TPSA) is 42.2 Å². The van der Waals surface area contributed by atoms with E-state index in [1.54, 1.807) is 12.3 Å². The van der Waals surface area contributed by atoms with Crippen LogP contribution < -0.4 is 0 Å². The molecule has 0 spiro atoms. The van der Waals surface area contributed by atoms with Crippen molar-refractivity contribution in [2.24, 2.45) is 0 Å². The predicted molar refractivity (Wildman–Crippen MR) is 53.9 cm³/mol. The fraction of sp³-hybridized carbons (Fsp3) is 0.222. The number of nitrogens with zero attached hydrogens (tertiary/aromatic N) is 1. The Morgan fingerprint density at radius 2 is 2.46 bits per heavy atom. The van der Waals surface area contributed by atoms with Gasteiger partial charge in [-0.15, -0.1) is 0 Å². The van der Waals surface area contributed by atoms with Crippen LogP contribution in [0, 0.1) is 0 Å². The maximum Gasteiger partial charge on any atom is 0.337 e. The van der Waals surface area contributed by atoms with E-state index in [1.807, 2.05) is 23.6 Å². The summed E-state index contributed by atoms with van der Waals surface area (Å²) in [7, 11) is 0. The Bertz CT molecular complexity index is 341. The van der Waals surface area contributed by atoms with Crippen LogP contribution in [0.25, 0.3) is 0 Å². The van der Waals surface area contributed by atoms with Crippen molar-refractivity contribution in [1.82, 2.24) is 4.57 Å². The number of aromatic carboxylic acids is 1. The van der Waals surface area contributed by atoms with Crippen molar-refractivity contribution in [2.75, 3.05) is 0 Å². The summed E-state index contributed by atoms with van der Waals surface area (Å²) in [5.74, 6) is -0.903. The summed E-state index contributed by atoms with van der Waals surface area (Å²) < 4.78 is 2.60. The molecule has 1 rings (SSSR count). The van der Waals surface area contributed by atoms with E-state index in [-0.39, 0.29) is 0 Å². The molecular formula is C9H10BrNO2. The van der Waals surface area contributed by atoms with E-state index in [1.165, 1.54) is 0 Å². The lowest BCUT2D eigenvalue weighted by Gasteiger charge is -1.97. The molecule has 0 saturated carbocycles. The molecule has 1 aromatic heterocycles. The summed E-state index contributed by atoms with van der Waals surface area (Å²) in [6.07, 6.45) is 5.48. The number of hydrogen-bond donors (Lipinski definition) is 1. The maximum absolute atomic E-state index is 10.6. The van der Waals surface area contributed by atoms with Gasteiger partial charge < -0.3 is 9.67 Å². The van der Waals surface area contributed by atoms with E-state index >= 15 is 0 Å². The molecule has 0 atom stereocenters. The zero-order valence-electron chi connectivity index (χ0n) is 7.20. The number of rotatable bonds is 3. The van der Waals surface area contributed by atoms with Crippen molar-refractivity contribution in [2.45, 2.75) is 13.5 Å². The van der Waals surface area contributed by atoms with Crippen LogP contribution in [0.15, 0.2) is 29.0 Å². The zero-order valence-corrected chi connectivity index (χ0v) is 8.78. The highest BCUT2D eigenvalue weighted by Gasteiger charge is 2.07. The lowest BCUT2D eigenvalue weighted by molar-refractivity contribution is 0.0697. The fourth-order valence-electron chi connectivity index (χ4n) is 0.954. The average Bonchev–Trinajstić information content (AvgIpc) is 2.44. The molecule has 13 heavy (non-hydrogen) atoms. The van der Waals surface area contributed by atoms with Gasteiger partial charge in [-0.3, -0.25) is 0 Å². The Kier molecular flexibility index (Phi) is 3.31. The lowest BCUT2D eigenvalue weighted by Crippen LogP contribution is -1.95. The minimum absolute atomic E-state index is 0.302. The van der Waals surface area contributed by atoms with Crippen LogP contribution in [0.3, 0.4) is 0 Å². The molecule has 0 aromatic carbocycles. The second-order valence-electron chi connectivity index (χ2n) is 2.58. The fourth-order valence-corrected chi connectivity index (χ4v) is 1.45. The zero-order chi connectivity index (χ0) is 9.84. The molecule has 1 heterocycles. The third-order valence-electron chi connectivity index (χ3n) is 1.63. The highest BCUT2D eigenvalue weighted by molar-refractivity contribution is 9.10. The van der Waals surface area contributed by atoms with Crippen molar-refractivity contribution in [3.8, 4) is 0 Å². The molecule has 1 N–H and O–H groups in total. The number of carboxylic acids is 1. The number of carboxylic acid groups (broad SMARTS) is 1. The van der Waals surface area contributed by atoms with E-state index in [2.05, 4.69) is 15.9 Å². The summed E-state index contributed by atoms with van der Waals surface area (Å²) >= 11 is 3.28. The van der Waals surface area contributed by atoms with Crippen molar-refractivity contribution < 1.29 is 9.90 Å². The van der Waals surface area contributed by atoms with Gasteiger partial charge in [-0.2, -0.15) is 0 Å². The Morgan fingerprint density at radius 3 is 2.92 bits per heavy atom. The standard InChI is InChI=1S/C9H10BrNO2/c1-2-3-4-11-6-7(9(12)13)5-8(11)10/h2-3,5-6H,4H2,1H3,(H,12,13). The number of halogens is 1. The smallest absolute Gasteiger partial charge is 0.337 e. The van der Waals surface area contributed by atoms with Crippen LogP contribution in [0.1, 0.15) is 17.3 Å². The molecule has 0 aliphatic carbocycles. The van der Waals surface area contributed by atoms with E-state index in [0.29, 0.717) is 12.1 Å². The minimum Gasteiger partial charge on any atom is -0.478 e. The van der Waals surface area contributed by atoms with Gasteiger partial charge in [-0.05, 0) is 28.9 Å². The van der Waals surface area contributed by atoms with Crippen LogP contribution in [-0.4, -0.2) is 15.6 Å². The Labute approximate surface area is 84.8 Å². The van der Waals surface area contributed by atoms with E-state index in [0.717, 1.165) is 4.60 Å². The van der Waals surface area contributed by atoms with E-state index < -0.39 is 5.97 Å². The predicted octanol–water partition coefficient (Wildman–Crippen LogP) is 2.52. The molecule has 4 heteroatoms. The van der Waals surface area contributed by atoms with Gasteiger partial charge in [0.15, 0.2) is 0 Å². The second kappa shape index (κ2) is 4.28. The molecule has 0 aliphatic rings. The van der Waals surface area contributed by atoms with Crippen molar-refractivity contribution in [3.05, 3.63) is 34.6 Å². The molecule has 0 saturated heterocycles. The van der Waals surface area contributed by atoms with Crippen LogP contribution in [0.4, 0.5) is 0 Å². The van der Waals surface area contributed by atoms with E-state index in [4.69, 9.17) is 5.11 Å². The molecular weight excluding hydrogens is 234 g/mol. The monoisotopic (exact) mass is 243 g/mol. The lowest BCUT2D eigenvalue weighted by atomic mass is 10.4. The highest BCUT2D eigenvalue weighted by Crippen LogP contribution is 2.15. The summed E-state index contributed by atoms with van der Waals surface area (Å²) in [5, 5.41) is 8.70. The van der Waals surface area contributed by atoms with Gasteiger partial charge in [0, 0.05) is 12.7 Å². The first-order valence-corrected chi connectivity index (χ1v) is 4.64. The molecule has 0 aliphatic heterocycles. The van der Waals surface area contributed by atoms with Gasteiger partial charge in [0.05, 0.1) is 10.2 Å². The molecule has 0 bridgehead atoms. The number of hydrogen-bond acceptors (Lipinski definition) is 1. The normalized spacial score (nSPS) is 10.9. The molecule has 0 amide bonds. The maximum atomic E-state index is 10.6. The number of carbonyl (C=O) groups is 1. The second-order valence-corrected chi connectivity index (χ2v) is 3.39. The van der Waals surface area contributed by atoms with Crippen molar-refractivity contribution in [3.63, 3.8) is 0 Å². The Hall–Kier alpha value is -1.03. The van der Waals surface area contributed by atoms with Gasteiger partial charge in [-0.1, -0.05) is 12.2 Å². The minimum atomic E-state index is -0.903. The Morgan fingerprint density at radius 1 is 1.77 bits per heavy atom. The molecule has 0 fully saturated rings. The van der Waals surface area contributed by atoms with Gasteiger partial charge >= 0.3 is 5.97 Å². The first kappa shape index (κ1) is 10.1. The number of aromatic nitrogens is 1. The first-order valence-electron chi connectivity index (χ1n) is 3.85. The first-order chi connectivity index (χ1) is 6.15. The quantitative estimate of drug-likeness (QED) is 0.830. The SMILES string of the molecule is CC=CCn1cc(C(=O)O)cc1Br. The van der Waals surface area contributed by atoms with Crippen LogP contribution in [0.2, 0.25) is 0 Å². The number of allylic oxidation sites excluding steroid dienone is 2. The van der Waals surface area contributed by atoms with E-state index in [9.17, 15) is 4.79 Å². The molecule has 3 nitrogen and oxygen atoms in total. The van der Waals surface area contributed by atoms with Gasteiger partial charge in [0.2, 0.25) is 0 Å². The summed E-state index contributed by atoms with van der Waals surface area (Å²) in [6, 6.07) is 1.59. The summed E-state index contributed by atoms with van der Waals surface area (Å²) in [5.41, 5.74) is 0.302. The highest BCUT2D eigenvalue weighted by atomic mass is 79.9. The van der Waals surface area contributed by atoms with Gasteiger partial charge in [-0.25, -0.2) is 4.79 Å². The van der Waals surface area contributed by atoms with Gasteiger partial charge in [0.1, 0.15) is 0 Å². The molecule has 1 aromatic rings. The third kappa shape index (κ3) is 2.45. The third-order valence-corrected chi connectivity index (χ3v) is 2.31. The molecule has 70 valence electrons. The molecule has 0 unspecified atom stereocenters. The Balaban J connectivity index is 2.89. The summed E-state index contributed by atoms with van der Waals surface area (Å²) in [4.78, 5) is 10.6.